The number of thioether (sulfide) groups is 1. The van der Waals surface area contributed by atoms with Gasteiger partial charge in [-0.15, -0.1) is 0 Å². The molecule has 17 heavy (non-hydrogen) atoms. The highest BCUT2D eigenvalue weighted by atomic mass is 32.2. The molecule has 6 nitrogen and oxygen atoms in total. The van der Waals surface area contributed by atoms with Crippen molar-refractivity contribution in [2.75, 3.05) is 5.43 Å². The number of aryl methyl sites for hydroxylation is 2. The average Bonchev–Trinajstić information content (AvgIpc) is 2.71. The molecule has 2 aromatic rings. The van der Waals surface area contributed by atoms with Crippen molar-refractivity contribution in [1.29, 1.82) is 0 Å². The van der Waals surface area contributed by atoms with Crippen LogP contribution in [0.25, 0.3) is 0 Å². The number of aromatic nitrogens is 4. The highest BCUT2D eigenvalue weighted by molar-refractivity contribution is 7.98. The van der Waals surface area contributed by atoms with Gasteiger partial charge in [0.05, 0.1) is 5.75 Å². The predicted octanol–water partition coefficient (Wildman–Crippen LogP) is 1.10. The molecule has 90 valence electrons. The predicted molar refractivity (Wildman–Crippen MR) is 67.3 cm³/mol. The third-order valence-electron chi connectivity index (χ3n) is 2.16. The molecular formula is C10H14N6S. The smallest absolute Gasteiger partial charge is 0.168 e. The normalized spacial score (nSPS) is 10.5. The number of nitrogen functional groups attached to an aromatic ring is 1. The van der Waals surface area contributed by atoms with Gasteiger partial charge in [0.1, 0.15) is 11.6 Å². The summed E-state index contributed by atoms with van der Waals surface area (Å²) in [5.74, 6) is 7.38. The van der Waals surface area contributed by atoms with Crippen molar-refractivity contribution in [3.8, 4) is 0 Å². The first-order chi connectivity index (χ1) is 8.19. The van der Waals surface area contributed by atoms with E-state index < -0.39 is 0 Å². The standard InChI is InChI=1S/C10H14N6S/c1-7-5-8(15-11)14-9(13-7)6-17-10-12-3-4-16(10)2/h3-5H,6,11H2,1-2H3,(H,13,14,15). The summed E-state index contributed by atoms with van der Waals surface area (Å²) in [6, 6.07) is 1.80. The van der Waals surface area contributed by atoms with E-state index in [1.165, 1.54) is 0 Å². The minimum absolute atomic E-state index is 0.632. The van der Waals surface area contributed by atoms with Gasteiger partial charge in [0.25, 0.3) is 0 Å². The Morgan fingerprint density at radius 2 is 2.29 bits per heavy atom. The average molecular weight is 250 g/mol. The molecule has 0 amide bonds. The Morgan fingerprint density at radius 3 is 2.94 bits per heavy atom. The molecule has 7 heteroatoms. The van der Waals surface area contributed by atoms with E-state index in [0.717, 1.165) is 16.7 Å². The van der Waals surface area contributed by atoms with E-state index >= 15 is 0 Å². The van der Waals surface area contributed by atoms with Gasteiger partial charge in [-0.25, -0.2) is 20.8 Å². The lowest BCUT2D eigenvalue weighted by Crippen LogP contribution is -2.10. The number of nitrogens with zero attached hydrogens (tertiary/aromatic N) is 4. The molecule has 0 unspecified atom stereocenters. The molecule has 0 spiro atoms. The molecule has 0 aliphatic heterocycles. The lowest BCUT2D eigenvalue weighted by atomic mass is 10.4. The minimum Gasteiger partial charge on any atom is -0.329 e. The van der Waals surface area contributed by atoms with E-state index in [1.807, 2.05) is 24.7 Å². The van der Waals surface area contributed by atoms with Crippen molar-refractivity contribution >= 4 is 17.6 Å². The molecule has 2 rings (SSSR count). The van der Waals surface area contributed by atoms with Crippen LogP contribution in [0.15, 0.2) is 23.6 Å². The lowest BCUT2D eigenvalue weighted by Gasteiger charge is -2.05. The molecule has 0 saturated carbocycles. The Bertz CT molecular complexity index is 509. The maximum absolute atomic E-state index is 5.34. The largest absolute Gasteiger partial charge is 0.329 e. The first-order valence-corrected chi connectivity index (χ1v) is 6.09. The van der Waals surface area contributed by atoms with Gasteiger partial charge in [-0.1, -0.05) is 11.8 Å². The topological polar surface area (TPSA) is 81.6 Å². The highest BCUT2D eigenvalue weighted by Gasteiger charge is 2.05. The summed E-state index contributed by atoms with van der Waals surface area (Å²) in [5.41, 5.74) is 3.42. The second-order valence-electron chi connectivity index (χ2n) is 3.56. The number of hydrogen-bond acceptors (Lipinski definition) is 6. The quantitative estimate of drug-likeness (QED) is 0.480. The first-order valence-electron chi connectivity index (χ1n) is 5.10. The number of rotatable bonds is 4. The molecular weight excluding hydrogens is 236 g/mol. The molecule has 0 bridgehead atoms. The van der Waals surface area contributed by atoms with Crippen LogP contribution >= 0.6 is 11.8 Å². The van der Waals surface area contributed by atoms with E-state index in [2.05, 4.69) is 20.4 Å². The van der Waals surface area contributed by atoms with Crippen LogP contribution in [0.4, 0.5) is 5.82 Å². The second-order valence-corrected chi connectivity index (χ2v) is 4.51. The second kappa shape index (κ2) is 5.15. The Labute approximate surface area is 104 Å². The Morgan fingerprint density at radius 1 is 1.47 bits per heavy atom. The molecule has 0 aliphatic carbocycles. The van der Waals surface area contributed by atoms with E-state index in [1.54, 1.807) is 24.0 Å². The van der Waals surface area contributed by atoms with Crippen LogP contribution in [0.5, 0.6) is 0 Å². The number of nitrogens with two attached hydrogens (primary N) is 1. The van der Waals surface area contributed by atoms with Gasteiger partial charge in [0, 0.05) is 31.2 Å². The molecule has 0 aliphatic rings. The van der Waals surface area contributed by atoms with Gasteiger partial charge in [-0.05, 0) is 6.92 Å². The Kier molecular flexibility index (Phi) is 3.60. The van der Waals surface area contributed by atoms with Crippen molar-refractivity contribution in [3.05, 3.63) is 30.0 Å². The first kappa shape index (κ1) is 11.9. The Balaban J connectivity index is 2.09. The van der Waals surface area contributed by atoms with Gasteiger partial charge in [0.15, 0.2) is 5.16 Å². The van der Waals surface area contributed by atoms with Gasteiger partial charge in [-0.2, -0.15) is 0 Å². The minimum atomic E-state index is 0.632. The van der Waals surface area contributed by atoms with Crippen molar-refractivity contribution in [3.63, 3.8) is 0 Å². The molecule has 0 saturated heterocycles. The van der Waals surface area contributed by atoms with Crippen LogP contribution in [0.1, 0.15) is 11.5 Å². The van der Waals surface area contributed by atoms with Crippen LogP contribution in [-0.2, 0) is 12.8 Å². The van der Waals surface area contributed by atoms with E-state index in [0.29, 0.717) is 11.6 Å². The van der Waals surface area contributed by atoms with Crippen LogP contribution < -0.4 is 11.3 Å². The molecule has 2 heterocycles. The number of hydrazine groups is 1. The number of hydrogen-bond donors (Lipinski definition) is 2. The zero-order valence-corrected chi connectivity index (χ0v) is 10.5. The van der Waals surface area contributed by atoms with Crippen molar-refractivity contribution in [1.82, 2.24) is 19.5 Å². The molecule has 2 aromatic heterocycles. The highest BCUT2D eigenvalue weighted by Crippen LogP contribution is 2.19. The van der Waals surface area contributed by atoms with E-state index in [-0.39, 0.29) is 0 Å². The van der Waals surface area contributed by atoms with Gasteiger partial charge in [0.2, 0.25) is 0 Å². The van der Waals surface area contributed by atoms with Crippen molar-refractivity contribution in [2.24, 2.45) is 12.9 Å². The van der Waals surface area contributed by atoms with Crippen LogP contribution in [0.3, 0.4) is 0 Å². The summed E-state index contributed by atoms with van der Waals surface area (Å²) < 4.78 is 1.96. The number of anilines is 1. The molecule has 3 N–H and O–H groups in total. The van der Waals surface area contributed by atoms with Gasteiger partial charge < -0.3 is 9.99 Å². The zero-order valence-electron chi connectivity index (χ0n) is 9.71. The molecule has 0 fully saturated rings. The molecule has 0 radical (unpaired) electrons. The SMILES string of the molecule is Cc1cc(NN)nc(CSc2nccn2C)n1. The fourth-order valence-corrected chi connectivity index (χ4v) is 2.18. The van der Waals surface area contributed by atoms with Crippen LogP contribution in [0.2, 0.25) is 0 Å². The fourth-order valence-electron chi connectivity index (χ4n) is 1.39. The third-order valence-corrected chi connectivity index (χ3v) is 3.21. The molecule has 0 atom stereocenters. The summed E-state index contributed by atoms with van der Waals surface area (Å²) in [6.07, 6.45) is 3.68. The van der Waals surface area contributed by atoms with E-state index in [9.17, 15) is 0 Å². The summed E-state index contributed by atoms with van der Waals surface area (Å²) in [6.45, 7) is 1.91. The lowest BCUT2D eigenvalue weighted by molar-refractivity contribution is 0.789. The van der Waals surface area contributed by atoms with Crippen LogP contribution in [0, 0.1) is 6.92 Å². The van der Waals surface area contributed by atoms with E-state index in [4.69, 9.17) is 5.84 Å². The van der Waals surface area contributed by atoms with Gasteiger partial charge >= 0.3 is 0 Å². The maximum atomic E-state index is 5.34. The third kappa shape index (κ3) is 2.95. The summed E-state index contributed by atoms with van der Waals surface area (Å²) in [5, 5.41) is 0.942. The summed E-state index contributed by atoms with van der Waals surface area (Å²) in [4.78, 5) is 12.8. The number of imidazole rings is 1. The van der Waals surface area contributed by atoms with Gasteiger partial charge in [-0.3, -0.25) is 0 Å². The number of nitrogens with one attached hydrogen (secondary N) is 1. The fraction of sp³-hybridized carbons (Fsp3) is 0.300. The Hall–Kier alpha value is -1.60. The zero-order chi connectivity index (χ0) is 12.3. The monoisotopic (exact) mass is 250 g/mol. The summed E-state index contributed by atoms with van der Waals surface area (Å²) in [7, 11) is 1.96. The van der Waals surface area contributed by atoms with Crippen LogP contribution in [-0.4, -0.2) is 19.5 Å². The summed E-state index contributed by atoms with van der Waals surface area (Å²) >= 11 is 1.59. The van der Waals surface area contributed by atoms with Crippen molar-refractivity contribution < 1.29 is 0 Å². The maximum Gasteiger partial charge on any atom is 0.168 e. The van der Waals surface area contributed by atoms with Crippen molar-refractivity contribution in [2.45, 2.75) is 17.8 Å². The molecule has 0 aromatic carbocycles.